The van der Waals surface area contributed by atoms with E-state index in [0.29, 0.717) is 12.0 Å². The molecule has 3 aliphatic heterocycles. The van der Waals surface area contributed by atoms with E-state index in [-0.39, 0.29) is 0 Å². The number of piperazine rings is 1. The van der Waals surface area contributed by atoms with Crippen molar-refractivity contribution in [1.82, 2.24) is 10.3 Å². The van der Waals surface area contributed by atoms with Gasteiger partial charge in [-0.2, -0.15) is 0 Å². The van der Waals surface area contributed by atoms with E-state index in [1.807, 2.05) is 6.20 Å². The van der Waals surface area contributed by atoms with Crippen LogP contribution in [0.1, 0.15) is 17.9 Å². The van der Waals surface area contributed by atoms with Gasteiger partial charge in [0.05, 0.1) is 19.8 Å². The fourth-order valence-electron chi connectivity index (χ4n) is 3.03. The Kier molecular flexibility index (Phi) is 2.81. The Morgan fingerprint density at radius 1 is 1.37 bits per heavy atom. The smallest absolute Gasteiger partial charge is 0.171 e. The molecule has 5 nitrogen and oxygen atoms in total. The maximum absolute atomic E-state index is 5.93. The quantitative estimate of drug-likeness (QED) is 0.808. The zero-order valence-electron chi connectivity index (χ0n) is 11.0. The molecule has 4 heterocycles. The number of nitrogens with zero attached hydrogens (tertiary/aromatic N) is 2. The van der Waals surface area contributed by atoms with Gasteiger partial charge in [0.2, 0.25) is 0 Å². The van der Waals surface area contributed by atoms with Gasteiger partial charge >= 0.3 is 0 Å². The van der Waals surface area contributed by atoms with Crippen LogP contribution < -0.4 is 15.0 Å². The van der Waals surface area contributed by atoms with Gasteiger partial charge in [0.1, 0.15) is 0 Å². The Hall–Kier alpha value is -1.33. The molecule has 5 heteroatoms. The second-order valence-corrected chi connectivity index (χ2v) is 5.51. The van der Waals surface area contributed by atoms with Crippen LogP contribution in [0.5, 0.6) is 5.75 Å². The number of hydrogen-bond acceptors (Lipinski definition) is 5. The summed E-state index contributed by atoms with van der Waals surface area (Å²) in [6, 6.07) is 2.68. The van der Waals surface area contributed by atoms with Crippen molar-refractivity contribution in [2.45, 2.75) is 18.4 Å². The normalized spacial score (nSPS) is 26.7. The summed E-state index contributed by atoms with van der Waals surface area (Å²) in [5, 5.41) is 3.45. The average Bonchev–Trinajstić information content (AvgIpc) is 2.55. The second-order valence-electron chi connectivity index (χ2n) is 5.51. The first-order valence-corrected chi connectivity index (χ1v) is 7.09. The van der Waals surface area contributed by atoms with E-state index in [9.17, 15) is 0 Å². The summed E-state index contributed by atoms with van der Waals surface area (Å²) in [6.45, 7) is 5.48. The predicted molar refractivity (Wildman–Crippen MR) is 71.9 cm³/mol. The molecule has 1 unspecified atom stereocenters. The molecule has 0 saturated carbocycles. The van der Waals surface area contributed by atoms with Crippen molar-refractivity contribution in [3.63, 3.8) is 0 Å². The van der Waals surface area contributed by atoms with Gasteiger partial charge in [-0.15, -0.1) is 0 Å². The maximum Gasteiger partial charge on any atom is 0.171 e. The Morgan fingerprint density at radius 3 is 3.16 bits per heavy atom. The highest BCUT2D eigenvalue weighted by Crippen LogP contribution is 2.35. The number of aromatic nitrogens is 1. The molecule has 4 rings (SSSR count). The van der Waals surface area contributed by atoms with E-state index in [2.05, 4.69) is 21.3 Å². The third-order valence-electron chi connectivity index (χ3n) is 4.29. The number of rotatable bonds is 1. The molecule has 0 spiro atoms. The molecule has 0 amide bonds. The molecule has 1 atom stereocenters. The molecule has 1 N–H and O–H groups in total. The van der Waals surface area contributed by atoms with Crippen LogP contribution in [0.3, 0.4) is 0 Å². The van der Waals surface area contributed by atoms with Crippen molar-refractivity contribution < 1.29 is 9.47 Å². The van der Waals surface area contributed by atoms with Crippen molar-refractivity contribution in [2.75, 3.05) is 44.4 Å². The van der Waals surface area contributed by atoms with Gasteiger partial charge in [-0.3, -0.25) is 0 Å². The summed E-state index contributed by atoms with van der Waals surface area (Å²) in [4.78, 5) is 7.09. The van der Waals surface area contributed by atoms with E-state index in [4.69, 9.17) is 9.47 Å². The van der Waals surface area contributed by atoms with Crippen molar-refractivity contribution in [3.8, 4) is 5.75 Å². The third kappa shape index (κ3) is 1.97. The molecular weight excluding hydrogens is 242 g/mol. The van der Waals surface area contributed by atoms with Crippen molar-refractivity contribution >= 4 is 5.82 Å². The second kappa shape index (κ2) is 4.65. The van der Waals surface area contributed by atoms with Gasteiger partial charge in [0.25, 0.3) is 0 Å². The van der Waals surface area contributed by atoms with Gasteiger partial charge in [-0.25, -0.2) is 4.98 Å². The van der Waals surface area contributed by atoms with E-state index in [0.717, 1.165) is 57.4 Å². The fourth-order valence-corrected chi connectivity index (χ4v) is 3.03. The Labute approximate surface area is 112 Å². The first kappa shape index (κ1) is 11.5. The molecule has 0 radical (unpaired) electrons. The summed E-state index contributed by atoms with van der Waals surface area (Å²) in [6.07, 6.45) is 3.06. The SMILES string of the molecule is c1nc2c(cc1C1COC1)OCCC1CNCCN21. The van der Waals surface area contributed by atoms with Crippen LogP contribution in [0.25, 0.3) is 0 Å². The minimum Gasteiger partial charge on any atom is -0.490 e. The summed E-state index contributed by atoms with van der Waals surface area (Å²) < 4.78 is 11.2. The van der Waals surface area contributed by atoms with Crippen LogP contribution in [-0.4, -0.2) is 50.5 Å². The molecule has 3 aliphatic rings. The topological polar surface area (TPSA) is 46.6 Å². The number of ether oxygens (including phenoxy) is 2. The standard InChI is InChI=1S/C14H19N3O2/c1-4-19-13-5-10(11-8-18-9-11)6-16-14(13)17-3-2-15-7-12(1)17/h5-6,11-12,15H,1-4,7-9H2. The van der Waals surface area contributed by atoms with E-state index in [1.165, 1.54) is 5.56 Å². The highest BCUT2D eigenvalue weighted by Gasteiger charge is 2.30. The Morgan fingerprint density at radius 2 is 2.32 bits per heavy atom. The van der Waals surface area contributed by atoms with Crippen molar-refractivity contribution in [3.05, 3.63) is 17.8 Å². The summed E-state index contributed by atoms with van der Waals surface area (Å²) in [5.74, 6) is 2.48. The Bertz CT molecular complexity index is 476. The monoisotopic (exact) mass is 261 g/mol. The summed E-state index contributed by atoms with van der Waals surface area (Å²) >= 11 is 0. The van der Waals surface area contributed by atoms with Crippen LogP contribution >= 0.6 is 0 Å². The molecular formula is C14H19N3O2. The highest BCUT2D eigenvalue weighted by molar-refractivity contribution is 5.56. The van der Waals surface area contributed by atoms with Crippen molar-refractivity contribution in [1.29, 1.82) is 0 Å². The predicted octanol–water partition coefficient (Wildman–Crippen LogP) is 0.756. The van der Waals surface area contributed by atoms with E-state index >= 15 is 0 Å². The van der Waals surface area contributed by atoms with Gasteiger partial charge in [-0.05, 0) is 11.6 Å². The lowest BCUT2D eigenvalue weighted by Crippen LogP contribution is -2.51. The van der Waals surface area contributed by atoms with Gasteiger partial charge in [-0.1, -0.05) is 0 Å². The lowest BCUT2D eigenvalue weighted by atomic mass is 9.99. The zero-order valence-corrected chi connectivity index (χ0v) is 11.0. The first-order chi connectivity index (χ1) is 9.42. The van der Waals surface area contributed by atoms with E-state index in [1.54, 1.807) is 0 Å². The fraction of sp³-hybridized carbons (Fsp3) is 0.643. The van der Waals surface area contributed by atoms with Gasteiger partial charge in [0, 0.05) is 44.2 Å². The lowest BCUT2D eigenvalue weighted by molar-refractivity contribution is 0.00822. The van der Waals surface area contributed by atoms with Crippen LogP contribution in [-0.2, 0) is 4.74 Å². The molecule has 2 fully saturated rings. The molecule has 0 aliphatic carbocycles. The van der Waals surface area contributed by atoms with Crippen LogP contribution in [0, 0.1) is 0 Å². The molecule has 1 aromatic heterocycles. The third-order valence-corrected chi connectivity index (χ3v) is 4.29. The van der Waals surface area contributed by atoms with Crippen molar-refractivity contribution in [2.24, 2.45) is 0 Å². The molecule has 2 saturated heterocycles. The minimum absolute atomic E-state index is 0.503. The lowest BCUT2D eigenvalue weighted by Gasteiger charge is -2.35. The van der Waals surface area contributed by atoms with Crippen LogP contribution in [0.15, 0.2) is 12.3 Å². The summed E-state index contributed by atoms with van der Waals surface area (Å²) in [7, 11) is 0. The highest BCUT2D eigenvalue weighted by atomic mass is 16.5. The molecule has 0 aromatic carbocycles. The first-order valence-electron chi connectivity index (χ1n) is 7.09. The van der Waals surface area contributed by atoms with E-state index < -0.39 is 0 Å². The van der Waals surface area contributed by atoms with Gasteiger partial charge < -0.3 is 19.7 Å². The molecule has 19 heavy (non-hydrogen) atoms. The number of fused-ring (bicyclic) bond motifs is 3. The summed E-state index contributed by atoms with van der Waals surface area (Å²) in [5.41, 5.74) is 1.25. The number of pyridine rings is 1. The molecule has 0 bridgehead atoms. The van der Waals surface area contributed by atoms with Gasteiger partial charge in [0.15, 0.2) is 11.6 Å². The maximum atomic E-state index is 5.93. The average molecular weight is 261 g/mol. The minimum atomic E-state index is 0.503. The number of anilines is 1. The van der Waals surface area contributed by atoms with Crippen LogP contribution in [0.2, 0.25) is 0 Å². The largest absolute Gasteiger partial charge is 0.490 e. The Balaban J connectivity index is 1.68. The zero-order chi connectivity index (χ0) is 12.7. The number of hydrogen-bond donors (Lipinski definition) is 1. The number of nitrogens with one attached hydrogen (secondary N) is 1. The van der Waals surface area contributed by atoms with Crippen LogP contribution in [0.4, 0.5) is 5.82 Å². The molecule has 102 valence electrons. The molecule has 1 aromatic rings.